The van der Waals surface area contributed by atoms with E-state index in [4.69, 9.17) is 5.48 Å². The minimum Gasteiger partial charge on any atom is -0.437 e. The summed E-state index contributed by atoms with van der Waals surface area (Å²) in [5, 5.41) is 0. The molecule has 0 aromatic carbocycles. The maximum Gasteiger partial charge on any atom is 0.425 e. The lowest BCUT2D eigenvalue weighted by molar-refractivity contribution is -0.200. The molecule has 0 aromatic heterocycles. The Hall–Kier alpha value is -0.980. The van der Waals surface area contributed by atoms with Crippen molar-refractivity contribution in [2.75, 3.05) is 26.1 Å². The molecule has 19 heavy (non-hydrogen) atoms. The monoisotopic (exact) mass is 286 g/mol. The molecule has 0 bridgehead atoms. The fourth-order valence-electron chi connectivity index (χ4n) is 1.32. The summed E-state index contributed by atoms with van der Waals surface area (Å²) in [4.78, 5) is 13.4. The van der Waals surface area contributed by atoms with E-state index in [1.807, 2.05) is 0 Å². The number of carbonyl (C=O) groups excluding carboxylic acids is 1. The molecule has 1 atom stereocenters. The third-order valence-electron chi connectivity index (χ3n) is 2.51. The summed E-state index contributed by atoms with van der Waals surface area (Å²) in [7, 11) is 0. The van der Waals surface area contributed by atoms with Crippen molar-refractivity contribution in [3.63, 3.8) is 0 Å². The summed E-state index contributed by atoms with van der Waals surface area (Å²) in [6.07, 6.45) is -8.48. The summed E-state index contributed by atoms with van der Waals surface area (Å²) >= 11 is 0. The van der Waals surface area contributed by atoms with Gasteiger partial charge in [0.25, 0.3) is 0 Å². The molecule has 1 amide bonds. The number of carbonyl (C=O) groups is 1. The molecular formula is C12H21F3N2O2. The van der Waals surface area contributed by atoms with E-state index >= 15 is 0 Å². The van der Waals surface area contributed by atoms with Gasteiger partial charge in [-0.05, 0) is 27.7 Å². The maximum atomic E-state index is 12.4. The topological polar surface area (TPSA) is 32.8 Å². The van der Waals surface area contributed by atoms with Crippen LogP contribution in [-0.4, -0.2) is 59.8 Å². The quantitative estimate of drug-likeness (QED) is 0.742. The van der Waals surface area contributed by atoms with Gasteiger partial charge in [0.2, 0.25) is 0 Å². The van der Waals surface area contributed by atoms with Gasteiger partial charge in [-0.3, -0.25) is 4.90 Å². The lowest BCUT2D eigenvalue weighted by Crippen LogP contribution is -2.55. The van der Waals surface area contributed by atoms with Crippen molar-refractivity contribution in [1.82, 2.24) is 9.80 Å². The lowest BCUT2D eigenvalue weighted by atomic mass is 10.1. The van der Waals surface area contributed by atoms with Gasteiger partial charge in [-0.1, -0.05) is 0 Å². The largest absolute Gasteiger partial charge is 0.437 e. The Labute approximate surface area is 117 Å². The third kappa shape index (κ3) is 4.56. The second-order valence-electron chi connectivity index (χ2n) is 5.25. The van der Waals surface area contributed by atoms with Gasteiger partial charge < -0.3 is 9.64 Å². The molecule has 4 nitrogen and oxygen atoms in total. The second kappa shape index (κ2) is 5.56. The predicted molar refractivity (Wildman–Crippen MR) is 64.9 cm³/mol. The highest BCUT2D eigenvalue weighted by Crippen LogP contribution is 2.23. The highest BCUT2D eigenvalue weighted by atomic mass is 19.4. The summed E-state index contributed by atoms with van der Waals surface area (Å²) < 4.78 is 73.6. The Morgan fingerprint density at radius 1 is 1.26 bits per heavy atom. The fourth-order valence-corrected chi connectivity index (χ4v) is 1.32. The van der Waals surface area contributed by atoms with Crippen molar-refractivity contribution in [1.29, 1.82) is 0 Å². The number of piperazine rings is 1. The first-order valence-corrected chi connectivity index (χ1v) is 5.81. The molecule has 0 aromatic rings. The lowest BCUT2D eigenvalue weighted by Gasteiger charge is -2.42. The number of hydrogen-bond acceptors (Lipinski definition) is 3. The summed E-state index contributed by atoms with van der Waals surface area (Å²) in [5.41, 5.74) is -0.887. The van der Waals surface area contributed by atoms with Gasteiger partial charge >= 0.3 is 12.3 Å². The molecule has 1 rings (SSSR count). The van der Waals surface area contributed by atoms with Gasteiger partial charge in [-0.15, -0.1) is 0 Å². The molecule has 1 aliphatic rings. The van der Waals surface area contributed by atoms with E-state index in [1.165, 1.54) is 0 Å². The minimum absolute atomic E-state index is 0.590. The van der Waals surface area contributed by atoms with Gasteiger partial charge in [0.1, 0.15) is 0 Å². The van der Waals surface area contributed by atoms with Gasteiger partial charge in [0.15, 0.2) is 6.10 Å². The Morgan fingerprint density at radius 2 is 1.74 bits per heavy atom. The Kier molecular flexibility index (Phi) is 3.15. The van der Waals surface area contributed by atoms with Gasteiger partial charge in [0.05, 0.1) is 0 Å². The summed E-state index contributed by atoms with van der Waals surface area (Å²) in [6, 6.07) is 0. The van der Waals surface area contributed by atoms with Crippen LogP contribution >= 0.6 is 0 Å². The first-order valence-electron chi connectivity index (χ1n) is 7.81. The molecule has 0 radical (unpaired) electrons. The van der Waals surface area contributed by atoms with E-state index in [9.17, 15) is 18.0 Å². The van der Waals surface area contributed by atoms with Crippen LogP contribution < -0.4 is 0 Å². The molecule has 1 heterocycles. The van der Waals surface area contributed by atoms with Crippen LogP contribution in [-0.2, 0) is 4.74 Å². The van der Waals surface area contributed by atoms with Crippen LogP contribution in [0.25, 0.3) is 0 Å². The number of ether oxygens (including phenoxy) is 1. The van der Waals surface area contributed by atoms with Crippen LogP contribution in [0.5, 0.6) is 0 Å². The van der Waals surface area contributed by atoms with E-state index in [-0.39, 0.29) is 0 Å². The zero-order chi connectivity index (χ0) is 18.4. The number of alkyl halides is 3. The Morgan fingerprint density at radius 3 is 2.11 bits per heavy atom. The molecule has 0 aliphatic carbocycles. The predicted octanol–water partition coefficient (Wildman–Crippen LogP) is 2.49. The van der Waals surface area contributed by atoms with Crippen LogP contribution in [0, 0.1) is 0 Å². The van der Waals surface area contributed by atoms with E-state index in [1.54, 1.807) is 20.8 Å². The van der Waals surface area contributed by atoms with Crippen LogP contribution in [0.1, 0.15) is 33.2 Å². The van der Waals surface area contributed by atoms with Gasteiger partial charge in [-0.2, -0.15) is 13.2 Å². The van der Waals surface area contributed by atoms with E-state index in [2.05, 4.69) is 4.74 Å². The van der Waals surface area contributed by atoms with Gasteiger partial charge in [-0.25, -0.2) is 4.79 Å². The van der Waals surface area contributed by atoms with E-state index in [0.29, 0.717) is 11.8 Å². The van der Waals surface area contributed by atoms with Crippen LogP contribution in [0.2, 0.25) is 0 Å². The Bertz CT molecular complexity index is 448. The smallest absolute Gasteiger partial charge is 0.425 e. The molecule has 1 unspecified atom stereocenters. The van der Waals surface area contributed by atoms with Crippen LogP contribution in [0.15, 0.2) is 0 Å². The summed E-state index contributed by atoms with van der Waals surface area (Å²) in [6.45, 7) is -0.207. The molecule has 7 heteroatoms. The normalized spacial score (nSPS) is 28.7. The highest BCUT2D eigenvalue weighted by Gasteiger charge is 2.40. The molecule has 0 saturated carbocycles. The SMILES string of the molecule is [2H]C1([2H])CN(C(=O)OC(C)C(F)(F)F)CC([2H])([2H])N1C(C)(C)C. The van der Waals surface area contributed by atoms with Crippen LogP contribution in [0.3, 0.4) is 0 Å². The molecule has 112 valence electrons. The maximum absolute atomic E-state index is 12.4. The molecule has 1 aliphatic heterocycles. The van der Waals surface area contributed by atoms with Gasteiger partial charge in [0, 0.05) is 37.1 Å². The van der Waals surface area contributed by atoms with Crippen LogP contribution in [0.4, 0.5) is 18.0 Å². The number of halogens is 3. The zero-order valence-electron chi connectivity index (χ0n) is 15.3. The van der Waals surface area contributed by atoms with Crippen molar-refractivity contribution in [2.45, 2.75) is 45.5 Å². The number of rotatable bonds is 1. The summed E-state index contributed by atoms with van der Waals surface area (Å²) in [5.74, 6) is 0. The molecular weight excluding hydrogens is 261 g/mol. The van der Waals surface area contributed by atoms with Crippen molar-refractivity contribution >= 4 is 6.09 Å². The van der Waals surface area contributed by atoms with E-state index in [0.717, 1.165) is 4.90 Å². The third-order valence-corrected chi connectivity index (χ3v) is 2.51. The average Bonchev–Trinajstić information content (AvgIpc) is 2.20. The minimum atomic E-state index is -4.74. The fraction of sp³-hybridized carbons (Fsp3) is 0.917. The Balaban J connectivity index is 2.97. The molecule has 1 fully saturated rings. The standard InChI is InChI=1S/C12H21F3N2O2/c1-9(12(13,14)15)19-10(18)16-5-7-17(8-6-16)11(2,3)4/h9H,5-8H2,1-4H3/i7D2,8D2. The van der Waals surface area contributed by atoms with Crippen molar-refractivity contribution < 1.29 is 28.2 Å². The van der Waals surface area contributed by atoms with Crippen molar-refractivity contribution in [2.24, 2.45) is 0 Å². The first-order chi connectivity index (χ1) is 9.98. The van der Waals surface area contributed by atoms with Crippen molar-refractivity contribution in [3.8, 4) is 0 Å². The highest BCUT2D eigenvalue weighted by molar-refractivity contribution is 5.68. The number of nitrogens with zero attached hydrogens (tertiary/aromatic N) is 2. The second-order valence-corrected chi connectivity index (χ2v) is 5.25. The average molecular weight is 286 g/mol. The van der Waals surface area contributed by atoms with E-state index < -0.39 is 50.0 Å². The zero-order valence-corrected chi connectivity index (χ0v) is 11.3. The number of hydrogen-bond donors (Lipinski definition) is 0. The molecule has 0 N–H and O–H groups in total. The van der Waals surface area contributed by atoms with Crippen molar-refractivity contribution in [3.05, 3.63) is 0 Å². The molecule has 1 saturated heterocycles. The molecule has 0 spiro atoms. The first kappa shape index (κ1) is 10.8. The number of amides is 1.